The lowest BCUT2D eigenvalue weighted by molar-refractivity contribution is 0.497. The summed E-state index contributed by atoms with van der Waals surface area (Å²) >= 11 is 0. The van der Waals surface area contributed by atoms with E-state index in [0.29, 0.717) is 0 Å². The summed E-state index contributed by atoms with van der Waals surface area (Å²) in [5, 5.41) is -1.72. The molecule has 0 fully saturated rings. The molecule has 0 aliphatic carbocycles. The highest BCUT2D eigenvalue weighted by Gasteiger charge is 2.27. The van der Waals surface area contributed by atoms with Gasteiger partial charge in [-0.3, -0.25) is 4.79 Å². The second kappa shape index (κ2) is 4.18. The lowest BCUT2D eigenvalue weighted by Gasteiger charge is -2.02. The number of benzene rings is 2. The van der Waals surface area contributed by atoms with E-state index in [4.69, 9.17) is 4.42 Å². The van der Waals surface area contributed by atoms with Gasteiger partial charge >= 0.3 is 22.5 Å². The normalized spacial score (nSPS) is 12.0. The Morgan fingerprint density at radius 1 is 0.560 bits per heavy atom. The van der Waals surface area contributed by atoms with Crippen molar-refractivity contribution in [1.82, 2.24) is 0 Å². The SMILES string of the molecule is O=c1oc(=O)c2c1c1oc3ccccc3c(=O)c1c1c(=O)oc(=O)c21. The summed E-state index contributed by atoms with van der Waals surface area (Å²) in [4.78, 5) is 61.1. The molecule has 0 aliphatic heterocycles. The van der Waals surface area contributed by atoms with Crippen LogP contribution in [0.3, 0.4) is 0 Å². The fourth-order valence-corrected chi connectivity index (χ4v) is 3.21. The van der Waals surface area contributed by atoms with Crippen LogP contribution < -0.4 is 27.9 Å². The van der Waals surface area contributed by atoms with E-state index >= 15 is 0 Å². The zero-order chi connectivity index (χ0) is 17.5. The van der Waals surface area contributed by atoms with Gasteiger partial charge in [-0.05, 0) is 12.1 Å². The van der Waals surface area contributed by atoms with Gasteiger partial charge in [-0.1, -0.05) is 12.1 Å². The quantitative estimate of drug-likeness (QED) is 0.379. The van der Waals surface area contributed by atoms with Gasteiger partial charge in [0.15, 0.2) is 5.58 Å². The van der Waals surface area contributed by atoms with Crippen molar-refractivity contribution in [2.45, 2.75) is 0 Å². The molecule has 5 aromatic rings. The van der Waals surface area contributed by atoms with Crippen LogP contribution in [0.1, 0.15) is 0 Å². The Labute approximate surface area is 133 Å². The van der Waals surface area contributed by atoms with Gasteiger partial charge in [-0.15, -0.1) is 0 Å². The van der Waals surface area contributed by atoms with Crippen LogP contribution in [0, 0.1) is 0 Å². The van der Waals surface area contributed by atoms with Gasteiger partial charge in [0.25, 0.3) is 0 Å². The van der Waals surface area contributed by atoms with Crippen molar-refractivity contribution in [2.24, 2.45) is 0 Å². The van der Waals surface area contributed by atoms with Crippen LogP contribution in [0.25, 0.3) is 43.5 Å². The zero-order valence-electron chi connectivity index (χ0n) is 12.1. The van der Waals surface area contributed by atoms with E-state index < -0.39 is 38.7 Å². The standard InChI is InChI=1S/C17H4O8/c18-12-5-3-1-2-4-6(5)23-13-10(12)8-7(14(19)24-15(8)20)9-11(13)17(22)25-16(9)21/h1-4H. The summed E-state index contributed by atoms with van der Waals surface area (Å²) < 4.78 is 14.7. The molecule has 0 unspecified atom stereocenters. The molecular weight excluding hydrogens is 332 g/mol. The maximum absolute atomic E-state index is 12.9. The van der Waals surface area contributed by atoms with Crippen molar-refractivity contribution in [2.75, 3.05) is 0 Å². The van der Waals surface area contributed by atoms with Gasteiger partial charge in [0, 0.05) is 0 Å². The molecule has 3 heterocycles. The molecule has 3 aromatic heterocycles. The Morgan fingerprint density at radius 2 is 1.08 bits per heavy atom. The molecular formula is C17H4O8. The van der Waals surface area contributed by atoms with Crippen molar-refractivity contribution in [3.8, 4) is 0 Å². The van der Waals surface area contributed by atoms with Gasteiger partial charge in [0.1, 0.15) is 11.0 Å². The molecule has 0 radical (unpaired) electrons. The van der Waals surface area contributed by atoms with Crippen molar-refractivity contribution in [3.63, 3.8) is 0 Å². The van der Waals surface area contributed by atoms with E-state index in [0.717, 1.165) is 0 Å². The Kier molecular flexibility index (Phi) is 2.27. The third kappa shape index (κ3) is 1.48. The van der Waals surface area contributed by atoms with E-state index in [1.54, 1.807) is 12.1 Å². The fourth-order valence-electron chi connectivity index (χ4n) is 3.21. The van der Waals surface area contributed by atoms with E-state index in [2.05, 4.69) is 8.83 Å². The number of fused-ring (bicyclic) bond motifs is 7. The highest BCUT2D eigenvalue weighted by Crippen LogP contribution is 2.29. The molecule has 2 aromatic carbocycles. The molecule has 0 spiro atoms. The molecule has 0 atom stereocenters. The van der Waals surface area contributed by atoms with Crippen molar-refractivity contribution < 1.29 is 13.3 Å². The van der Waals surface area contributed by atoms with Crippen LogP contribution in [-0.4, -0.2) is 0 Å². The van der Waals surface area contributed by atoms with E-state index in [1.807, 2.05) is 0 Å². The van der Waals surface area contributed by atoms with Gasteiger partial charge in [0.05, 0.1) is 26.9 Å². The molecule has 0 saturated carbocycles. The summed E-state index contributed by atoms with van der Waals surface area (Å²) in [5.74, 6) is 0. The van der Waals surface area contributed by atoms with Gasteiger partial charge < -0.3 is 13.3 Å². The average molecular weight is 336 g/mol. The first-order valence-electron chi connectivity index (χ1n) is 7.07. The van der Waals surface area contributed by atoms with Crippen LogP contribution in [-0.2, 0) is 0 Å². The van der Waals surface area contributed by atoms with Crippen molar-refractivity contribution in [3.05, 3.63) is 76.2 Å². The van der Waals surface area contributed by atoms with Crippen LogP contribution in [0.4, 0.5) is 0 Å². The molecule has 0 bridgehead atoms. The second-order valence-corrected chi connectivity index (χ2v) is 5.49. The lowest BCUT2D eigenvalue weighted by atomic mass is 10.0. The summed E-state index contributed by atoms with van der Waals surface area (Å²) in [6.07, 6.45) is 0. The van der Waals surface area contributed by atoms with Crippen LogP contribution in [0.2, 0.25) is 0 Å². The lowest BCUT2D eigenvalue weighted by Crippen LogP contribution is -2.08. The third-order valence-corrected chi connectivity index (χ3v) is 4.21. The monoisotopic (exact) mass is 336 g/mol. The van der Waals surface area contributed by atoms with E-state index in [-0.39, 0.29) is 32.7 Å². The Morgan fingerprint density at radius 3 is 1.76 bits per heavy atom. The first kappa shape index (κ1) is 13.6. The van der Waals surface area contributed by atoms with Crippen LogP contribution >= 0.6 is 0 Å². The number of hydrogen-bond donors (Lipinski definition) is 0. The molecule has 120 valence electrons. The maximum atomic E-state index is 12.9. The molecule has 8 heteroatoms. The Hall–Kier alpha value is -3.81. The third-order valence-electron chi connectivity index (χ3n) is 4.21. The minimum Gasteiger partial charge on any atom is -0.455 e. The molecule has 0 amide bonds. The van der Waals surface area contributed by atoms with Crippen LogP contribution in [0.5, 0.6) is 0 Å². The van der Waals surface area contributed by atoms with Gasteiger partial charge in [0.2, 0.25) is 5.43 Å². The van der Waals surface area contributed by atoms with Crippen molar-refractivity contribution in [1.29, 1.82) is 0 Å². The largest absolute Gasteiger partial charge is 0.455 e. The van der Waals surface area contributed by atoms with E-state index in [1.165, 1.54) is 12.1 Å². The molecule has 5 rings (SSSR count). The first-order chi connectivity index (χ1) is 12.0. The summed E-state index contributed by atoms with van der Waals surface area (Å²) in [7, 11) is 0. The van der Waals surface area contributed by atoms with Gasteiger partial charge in [-0.2, -0.15) is 0 Å². The molecule has 8 nitrogen and oxygen atoms in total. The summed E-state index contributed by atoms with van der Waals surface area (Å²) in [6.45, 7) is 0. The molecule has 0 aliphatic rings. The van der Waals surface area contributed by atoms with Crippen molar-refractivity contribution >= 4 is 43.5 Å². The van der Waals surface area contributed by atoms with Gasteiger partial charge in [-0.25, -0.2) is 19.2 Å². The summed E-state index contributed by atoms with van der Waals surface area (Å²) in [6, 6.07) is 6.19. The molecule has 0 N–H and O–H groups in total. The summed E-state index contributed by atoms with van der Waals surface area (Å²) in [5.41, 5.74) is -5.08. The fraction of sp³-hybridized carbons (Fsp3) is 0. The number of rotatable bonds is 0. The second-order valence-electron chi connectivity index (χ2n) is 5.49. The Bertz CT molecular complexity index is 1630. The van der Waals surface area contributed by atoms with E-state index in [9.17, 15) is 24.0 Å². The number of furan rings is 2. The molecule has 0 saturated heterocycles. The first-order valence-corrected chi connectivity index (χ1v) is 7.07. The highest BCUT2D eigenvalue weighted by molar-refractivity contribution is 6.23. The predicted octanol–water partition coefficient (Wildman–Crippen LogP) is 0.755. The number of hydrogen-bond acceptors (Lipinski definition) is 8. The number of para-hydroxylation sites is 1. The highest BCUT2D eigenvalue weighted by atomic mass is 16.4. The minimum atomic E-state index is -1.11. The maximum Gasteiger partial charge on any atom is 0.350 e. The smallest absolute Gasteiger partial charge is 0.350 e. The Balaban J connectivity index is 2.39. The van der Waals surface area contributed by atoms with Crippen LogP contribution in [0.15, 0.2) is 61.5 Å². The predicted molar refractivity (Wildman–Crippen MR) is 87.0 cm³/mol. The molecule has 25 heavy (non-hydrogen) atoms. The topological polar surface area (TPSA) is 125 Å². The minimum absolute atomic E-state index is 0.155. The zero-order valence-corrected chi connectivity index (χ0v) is 12.1. The average Bonchev–Trinajstić information content (AvgIpc) is 3.04.